The first-order chi connectivity index (χ1) is 11.7. The molecular weight excluding hydrogens is 344 g/mol. The Morgan fingerprint density at radius 1 is 1.36 bits per heavy atom. The summed E-state index contributed by atoms with van der Waals surface area (Å²) < 4.78 is 7.13. The maximum Gasteiger partial charge on any atom is 0.273 e. The van der Waals surface area contributed by atoms with Gasteiger partial charge >= 0.3 is 0 Å². The highest BCUT2D eigenvalue weighted by molar-refractivity contribution is 5.91. The van der Waals surface area contributed by atoms with Crippen molar-refractivity contribution in [2.45, 2.75) is 52.1 Å². The third-order valence-corrected chi connectivity index (χ3v) is 4.46. The molecule has 1 aliphatic rings. The number of aryl methyl sites for hydroxylation is 2. The summed E-state index contributed by atoms with van der Waals surface area (Å²) in [5, 5.41) is 18.4. The highest BCUT2D eigenvalue weighted by Crippen LogP contribution is 2.18. The lowest BCUT2D eigenvalue weighted by Gasteiger charge is -2.22. The molecule has 3 heterocycles. The molecule has 0 atom stereocenters. The number of halogens is 1. The van der Waals surface area contributed by atoms with E-state index < -0.39 is 0 Å². The largest absolute Gasteiger partial charge is 0.361 e. The van der Waals surface area contributed by atoms with Gasteiger partial charge in [-0.05, 0) is 32.4 Å². The lowest BCUT2D eigenvalue weighted by atomic mass is 10.1. The fourth-order valence-corrected chi connectivity index (χ4v) is 3.03. The van der Waals surface area contributed by atoms with Gasteiger partial charge in [-0.15, -0.1) is 17.5 Å². The molecule has 9 heteroatoms. The van der Waals surface area contributed by atoms with Crippen molar-refractivity contribution in [1.82, 2.24) is 30.8 Å². The van der Waals surface area contributed by atoms with E-state index in [1.54, 1.807) is 6.20 Å². The van der Waals surface area contributed by atoms with E-state index in [-0.39, 0.29) is 18.3 Å². The van der Waals surface area contributed by atoms with E-state index >= 15 is 0 Å². The minimum Gasteiger partial charge on any atom is -0.361 e. The van der Waals surface area contributed by atoms with Gasteiger partial charge in [-0.3, -0.25) is 4.79 Å². The van der Waals surface area contributed by atoms with Gasteiger partial charge in [0, 0.05) is 18.5 Å². The zero-order valence-electron chi connectivity index (χ0n) is 14.6. The van der Waals surface area contributed by atoms with Gasteiger partial charge in [0.1, 0.15) is 5.76 Å². The van der Waals surface area contributed by atoms with Gasteiger partial charge in [-0.1, -0.05) is 24.2 Å². The van der Waals surface area contributed by atoms with Gasteiger partial charge in [0.2, 0.25) is 0 Å². The van der Waals surface area contributed by atoms with Crippen molar-refractivity contribution in [3.63, 3.8) is 0 Å². The molecule has 0 aliphatic carbocycles. The molecule has 0 aromatic carbocycles. The van der Waals surface area contributed by atoms with Gasteiger partial charge < -0.3 is 15.2 Å². The first-order valence-corrected chi connectivity index (χ1v) is 8.60. The number of rotatable bonds is 6. The smallest absolute Gasteiger partial charge is 0.273 e. The molecule has 1 amide bonds. The van der Waals surface area contributed by atoms with Gasteiger partial charge in [-0.2, -0.15) is 0 Å². The third-order valence-electron chi connectivity index (χ3n) is 4.46. The van der Waals surface area contributed by atoms with Gasteiger partial charge in [0.05, 0.1) is 17.9 Å². The van der Waals surface area contributed by atoms with E-state index in [9.17, 15) is 4.79 Å². The quantitative estimate of drug-likeness (QED) is 0.804. The lowest BCUT2D eigenvalue weighted by Crippen LogP contribution is -2.29. The van der Waals surface area contributed by atoms with Crippen LogP contribution in [0.1, 0.15) is 60.2 Å². The van der Waals surface area contributed by atoms with E-state index in [1.807, 2.05) is 18.5 Å². The van der Waals surface area contributed by atoms with Gasteiger partial charge in [0.15, 0.2) is 5.69 Å². The third kappa shape index (κ3) is 4.38. The SMILES string of the molecule is CCc1noc(CC)c1CNC(=O)c1cn(C2CCNCC2)nn1.Cl. The van der Waals surface area contributed by atoms with Crippen LogP contribution in [0, 0.1) is 0 Å². The number of piperidine rings is 1. The molecule has 2 aromatic rings. The van der Waals surface area contributed by atoms with E-state index in [2.05, 4.69) is 26.1 Å². The maximum atomic E-state index is 12.3. The summed E-state index contributed by atoms with van der Waals surface area (Å²) in [4.78, 5) is 12.3. The van der Waals surface area contributed by atoms with E-state index in [0.717, 1.165) is 55.8 Å². The Labute approximate surface area is 153 Å². The predicted molar refractivity (Wildman–Crippen MR) is 94.8 cm³/mol. The van der Waals surface area contributed by atoms with Gasteiger partial charge in [-0.25, -0.2) is 4.68 Å². The van der Waals surface area contributed by atoms with Crippen LogP contribution in [-0.2, 0) is 19.4 Å². The molecule has 1 saturated heterocycles. The van der Waals surface area contributed by atoms with Crippen LogP contribution >= 0.6 is 12.4 Å². The molecule has 3 rings (SSSR count). The van der Waals surface area contributed by atoms with Crippen LogP contribution in [0.25, 0.3) is 0 Å². The number of aromatic nitrogens is 4. The summed E-state index contributed by atoms with van der Waals surface area (Å²) in [5.74, 6) is 0.603. The first kappa shape index (κ1) is 19.4. The van der Waals surface area contributed by atoms with Crippen molar-refractivity contribution in [2.24, 2.45) is 0 Å². The Morgan fingerprint density at radius 3 is 2.80 bits per heavy atom. The monoisotopic (exact) mass is 368 g/mol. The Morgan fingerprint density at radius 2 is 2.12 bits per heavy atom. The maximum absolute atomic E-state index is 12.3. The molecule has 1 aliphatic heterocycles. The molecule has 0 saturated carbocycles. The summed E-state index contributed by atoms with van der Waals surface area (Å²) >= 11 is 0. The molecule has 0 unspecified atom stereocenters. The summed E-state index contributed by atoms with van der Waals surface area (Å²) in [5.41, 5.74) is 2.21. The van der Waals surface area contributed by atoms with Crippen LogP contribution in [0.15, 0.2) is 10.7 Å². The molecule has 0 spiro atoms. The molecule has 1 fully saturated rings. The molecule has 2 aromatic heterocycles. The Bertz CT molecular complexity index is 671. The summed E-state index contributed by atoms with van der Waals surface area (Å²) in [6, 6.07) is 0.316. The molecule has 2 N–H and O–H groups in total. The van der Waals surface area contributed by atoms with Crippen LogP contribution in [0.5, 0.6) is 0 Å². The molecule has 0 radical (unpaired) electrons. The predicted octanol–water partition coefficient (Wildman–Crippen LogP) is 1.67. The number of carbonyl (C=O) groups excluding carboxylic acids is 1. The number of amides is 1. The van der Waals surface area contributed by atoms with Crippen LogP contribution < -0.4 is 10.6 Å². The van der Waals surface area contributed by atoms with Crippen molar-refractivity contribution >= 4 is 18.3 Å². The second kappa shape index (κ2) is 8.96. The zero-order chi connectivity index (χ0) is 16.9. The summed E-state index contributed by atoms with van der Waals surface area (Å²) in [7, 11) is 0. The molecule has 25 heavy (non-hydrogen) atoms. The van der Waals surface area contributed by atoms with Crippen molar-refractivity contribution in [3.8, 4) is 0 Å². The minimum atomic E-state index is -0.222. The van der Waals surface area contributed by atoms with Crippen LogP contribution in [-0.4, -0.2) is 39.1 Å². The summed E-state index contributed by atoms with van der Waals surface area (Å²) in [6.07, 6.45) is 5.28. The summed E-state index contributed by atoms with van der Waals surface area (Å²) in [6.45, 7) is 6.37. The van der Waals surface area contributed by atoms with E-state index in [1.165, 1.54) is 0 Å². The van der Waals surface area contributed by atoms with E-state index in [4.69, 9.17) is 4.52 Å². The van der Waals surface area contributed by atoms with Crippen LogP contribution in [0.3, 0.4) is 0 Å². The number of nitrogens with zero attached hydrogens (tertiary/aromatic N) is 4. The number of hydrogen-bond acceptors (Lipinski definition) is 6. The molecule has 0 bridgehead atoms. The lowest BCUT2D eigenvalue weighted by molar-refractivity contribution is 0.0945. The highest BCUT2D eigenvalue weighted by Gasteiger charge is 2.20. The number of hydrogen-bond donors (Lipinski definition) is 2. The second-order valence-electron chi connectivity index (χ2n) is 5.99. The first-order valence-electron chi connectivity index (χ1n) is 8.60. The van der Waals surface area contributed by atoms with Crippen molar-refractivity contribution in [1.29, 1.82) is 0 Å². The van der Waals surface area contributed by atoms with Crippen LogP contribution in [0.2, 0.25) is 0 Å². The number of carbonyl (C=O) groups is 1. The van der Waals surface area contributed by atoms with Crippen molar-refractivity contribution in [3.05, 3.63) is 28.9 Å². The molecular formula is C16H25ClN6O2. The van der Waals surface area contributed by atoms with Gasteiger partial charge in [0.25, 0.3) is 5.91 Å². The fourth-order valence-electron chi connectivity index (χ4n) is 3.03. The fraction of sp³-hybridized carbons (Fsp3) is 0.625. The highest BCUT2D eigenvalue weighted by atomic mass is 35.5. The van der Waals surface area contributed by atoms with E-state index in [0.29, 0.717) is 18.3 Å². The minimum absolute atomic E-state index is 0. The molecule has 8 nitrogen and oxygen atoms in total. The standard InChI is InChI=1S/C16H24N6O2.ClH/c1-3-13-12(15(4-2)24-20-13)9-18-16(23)14-10-22(21-19-14)11-5-7-17-8-6-11;/h10-11,17H,3-9H2,1-2H3,(H,18,23);1H. The Balaban J connectivity index is 0.00000225. The Hall–Kier alpha value is -1.93. The van der Waals surface area contributed by atoms with Crippen LogP contribution in [0.4, 0.5) is 0 Å². The topological polar surface area (TPSA) is 97.9 Å². The second-order valence-corrected chi connectivity index (χ2v) is 5.99. The normalized spacial score (nSPS) is 15.0. The van der Waals surface area contributed by atoms with Crippen molar-refractivity contribution in [2.75, 3.05) is 13.1 Å². The zero-order valence-corrected chi connectivity index (χ0v) is 15.4. The molecule has 138 valence electrons. The average Bonchev–Trinajstić information content (AvgIpc) is 3.27. The average molecular weight is 369 g/mol. The van der Waals surface area contributed by atoms with Crippen molar-refractivity contribution < 1.29 is 9.32 Å². The number of nitrogens with one attached hydrogen (secondary N) is 2. The Kier molecular flexibility index (Phi) is 6.95.